The minimum atomic E-state index is -1.04. The Morgan fingerprint density at radius 3 is 2.56 bits per heavy atom. The molecule has 2 rings (SSSR count). The zero-order valence-electron chi connectivity index (χ0n) is 10.1. The van der Waals surface area contributed by atoms with Crippen molar-refractivity contribution in [3.05, 3.63) is 28.8 Å². The Balaban J connectivity index is 2.21. The molecule has 0 aromatic heterocycles. The number of carbonyl (C=O) groups is 1. The number of rotatable bonds is 3. The number of carboxylic acid groups (broad SMARTS) is 1. The van der Waals surface area contributed by atoms with Crippen LogP contribution in [0.4, 0.5) is 5.69 Å². The van der Waals surface area contributed by atoms with E-state index in [9.17, 15) is 4.79 Å². The van der Waals surface area contributed by atoms with Crippen molar-refractivity contribution in [2.75, 3.05) is 18.0 Å². The van der Waals surface area contributed by atoms with Crippen LogP contribution in [0.25, 0.3) is 0 Å². The van der Waals surface area contributed by atoms with E-state index in [4.69, 9.17) is 22.4 Å². The first-order valence-corrected chi connectivity index (χ1v) is 6.50. The number of anilines is 1. The molecule has 1 aliphatic rings. The topological polar surface area (TPSA) is 66.6 Å². The second-order valence-electron chi connectivity index (χ2n) is 4.57. The molecule has 0 radical (unpaired) electrons. The van der Waals surface area contributed by atoms with Gasteiger partial charge < -0.3 is 15.7 Å². The number of carboxylic acids is 1. The second-order valence-corrected chi connectivity index (χ2v) is 4.98. The van der Waals surface area contributed by atoms with Gasteiger partial charge in [-0.15, -0.1) is 0 Å². The van der Waals surface area contributed by atoms with Crippen LogP contribution in [-0.4, -0.2) is 24.2 Å². The van der Waals surface area contributed by atoms with Crippen molar-refractivity contribution >= 4 is 23.3 Å². The minimum Gasteiger partial charge on any atom is -0.480 e. The summed E-state index contributed by atoms with van der Waals surface area (Å²) in [6, 6.07) is 4.25. The van der Waals surface area contributed by atoms with Gasteiger partial charge in [-0.05, 0) is 37.0 Å². The lowest BCUT2D eigenvalue weighted by atomic mass is 10.1. The summed E-state index contributed by atoms with van der Waals surface area (Å²) in [5, 5.41) is 9.44. The van der Waals surface area contributed by atoms with Gasteiger partial charge in [0, 0.05) is 13.1 Å². The van der Waals surface area contributed by atoms with Crippen LogP contribution in [-0.2, 0) is 4.79 Å². The number of piperidine rings is 1. The van der Waals surface area contributed by atoms with Gasteiger partial charge in [0.1, 0.15) is 6.04 Å². The van der Waals surface area contributed by atoms with Gasteiger partial charge in [-0.3, -0.25) is 4.79 Å². The van der Waals surface area contributed by atoms with E-state index in [1.165, 1.54) is 19.3 Å². The third kappa shape index (κ3) is 2.76. The van der Waals surface area contributed by atoms with E-state index in [1.54, 1.807) is 12.1 Å². The standard InChI is InChI=1S/C13H17ClN2O2/c14-10-8-9(12(15)13(17)18)4-5-11(10)16-6-2-1-3-7-16/h4-5,8,12H,1-3,6-7,15H2,(H,17,18). The van der Waals surface area contributed by atoms with Crippen LogP contribution in [0.2, 0.25) is 5.02 Å². The molecule has 4 nitrogen and oxygen atoms in total. The summed E-state index contributed by atoms with van der Waals surface area (Å²) in [6.45, 7) is 2.01. The summed E-state index contributed by atoms with van der Waals surface area (Å²) < 4.78 is 0. The molecule has 1 aromatic carbocycles. The van der Waals surface area contributed by atoms with E-state index in [0.29, 0.717) is 10.6 Å². The van der Waals surface area contributed by atoms with Crippen molar-refractivity contribution in [3.63, 3.8) is 0 Å². The average Bonchev–Trinajstić information content (AvgIpc) is 2.38. The number of halogens is 1. The molecule has 0 saturated carbocycles. The molecule has 1 atom stereocenters. The monoisotopic (exact) mass is 268 g/mol. The summed E-state index contributed by atoms with van der Waals surface area (Å²) in [5.74, 6) is -1.04. The molecule has 1 fully saturated rings. The van der Waals surface area contributed by atoms with Crippen molar-refractivity contribution in [1.82, 2.24) is 0 Å². The lowest BCUT2D eigenvalue weighted by molar-refractivity contribution is -0.138. The third-order valence-corrected chi connectivity index (χ3v) is 3.60. The van der Waals surface area contributed by atoms with E-state index in [-0.39, 0.29) is 0 Å². The molecule has 18 heavy (non-hydrogen) atoms. The predicted octanol–water partition coefficient (Wildman–Crippen LogP) is 2.41. The lowest BCUT2D eigenvalue weighted by Crippen LogP contribution is -2.29. The van der Waals surface area contributed by atoms with Crippen molar-refractivity contribution in [1.29, 1.82) is 0 Å². The molecule has 98 valence electrons. The first kappa shape index (κ1) is 13.2. The molecule has 1 saturated heterocycles. The number of nitrogens with two attached hydrogens (primary N) is 1. The molecule has 0 bridgehead atoms. The van der Waals surface area contributed by atoms with E-state index >= 15 is 0 Å². The number of hydrogen-bond acceptors (Lipinski definition) is 3. The fourth-order valence-corrected chi connectivity index (χ4v) is 2.56. The number of hydrogen-bond donors (Lipinski definition) is 2. The van der Waals surface area contributed by atoms with Gasteiger partial charge in [0.15, 0.2) is 0 Å². The highest BCUT2D eigenvalue weighted by molar-refractivity contribution is 6.33. The lowest BCUT2D eigenvalue weighted by Gasteiger charge is -2.29. The van der Waals surface area contributed by atoms with Gasteiger partial charge in [0.25, 0.3) is 0 Å². The summed E-state index contributed by atoms with van der Waals surface area (Å²) in [6.07, 6.45) is 3.61. The zero-order valence-corrected chi connectivity index (χ0v) is 10.9. The highest BCUT2D eigenvalue weighted by Crippen LogP contribution is 2.30. The Kier molecular flexibility index (Phi) is 4.09. The van der Waals surface area contributed by atoms with Crippen molar-refractivity contribution in [3.8, 4) is 0 Å². The van der Waals surface area contributed by atoms with Crippen LogP contribution >= 0.6 is 11.6 Å². The van der Waals surface area contributed by atoms with Crippen LogP contribution in [0.3, 0.4) is 0 Å². The molecule has 0 aliphatic carbocycles. The van der Waals surface area contributed by atoms with E-state index < -0.39 is 12.0 Å². The van der Waals surface area contributed by atoms with Gasteiger partial charge in [-0.2, -0.15) is 0 Å². The van der Waals surface area contributed by atoms with Crippen LogP contribution in [0.1, 0.15) is 30.9 Å². The first-order chi connectivity index (χ1) is 8.59. The van der Waals surface area contributed by atoms with E-state index in [1.807, 2.05) is 6.07 Å². The molecule has 0 amide bonds. The Bertz CT molecular complexity index is 445. The van der Waals surface area contributed by atoms with Crippen LogP contribution in [0.15, 0.2) is 18.2 Å². The van der Waals surface area contributed by atoms with Gasteiger partial charge in [-0.25, -0.2) is 0 Å². The zero-order chi connectivity index (χ0) is 13.1. The highest BCUT2D eigenvalue weighted by Gasteiger charge is 2.18. The number of benzene rings is 1. The molecule has 5 heteroatoms. The Labute approximate surface area is 111 Å². The van der Waals surface area contributed by atoms with Crippen LogP contribution in [0.5, 0.6) is 0 Å². The SMILES string of the molecule is NC(C(=O)O)c1ccc(N2CCCCC2)c(Cl)c1. The van der Waals surface area contributed by atoms with Gasteiger partial charge in [0.05, 0.1) is 10.7 Å². The third-order valence-electron chi connectivity index (χ3n) is 3.29. The quantitative estimate of drug-likeness (QED) is 0.884. The van der Waals surface area contributed by atoms with E-state index in [2.05, 4.69) is 4.90 Å². The summed E-state index contributed by atoms with van der Waals surface area (Å²) in [7, 11) is 0. The Hall–Kier alpha value is -1.26. The van der Waals surface area contributed by atoms with Gasteiger partial charge in [-0.1, -0.05) is 17.7 Å². The molecule has 1 aromatic rings. The minimum absolute atomic E-state index is 0.535. The molecular formula is C13H17ClN2O2. The molecule has 1 heterocycles. The first-order valence-electron chi connectivity index (χ1n) is 6.12. The predicted molar refractivity (Wildman–Crippen MR) is 72.1 cm³/mol. The molecule has 0 spiro atoms. The number of nitrogens with zero attached hydrogens (tertiary/aromatic N) is 1. The Morgan fingerprint density at radius 2 is 2.00 bits per heavy atom. The summed E-state index contributed by atoms with van der Waals surface area (Å²) in [4.78, 5) is 13.1. The van der Waals surface area contributed by atoms with Crippen molar-refractivity contribution < 1.29 is 9.90 Å². The van der Waals surface area contributed by atoms with E-state index in [0.717, 1.165) is 18.8 Å². The second kappa shape index (κ2) is 5.59. The summed E-state index contributed by atoms with van der Waals surface area (Å²) in [5.41, 5.74) is 7.07. The smallest absolute Gasteiger partial charge is 0.325 e. The normalized spacial score (nSPS) is 17.6. The number of aliphatic carboxylic acids is 1. The molecule has 1 unspecified atom stereocenters. The largest absolute Gasteiger partial charge is 0.480 e. The fourth-order valence-electron chi connectivity index (χ4n) is 2.25. The Morgan fingerprint density at radius 1 is 1.33 bits per heavy atom. The van der Waals surface area contributed by atoms with Crippen molar-refractivity contribution in [2.24, 2.45) is 5.73 Å². The maximum absolute atomic E-state index is 10.8. The molecule has 3 N–H and O–H groups in total. The van der Waals surface area contributed by atoms with Crippen LogP contribution < -0.4 is 10.6 Å². The average molecular weight is 269 g/mol. The maximum atomic E-state index is 10.8. The molecular weight excluding hydrogens is 252 g/mol. The highest BCUT2D eigenvalue weighted by atomic mass is 35.5. The van der Waals surface area contributed by atoms with Crippen LogP contribution in [0, 0.1) is 0 Å². The van der Waals surface area contributed by atoms with Gasteiger partial charge in [0.2, 0.25) is 0 Å². The fraction of sp³-hybridized carbons (Fsp3) is 0.462. The van der Waals surface area contributed by atoms with Crippen molar-refractivity contribution in [2.45, 2.75) is 25.3 Å². The summed E-state index contributed by atoms with van der Waals surface area (Å²) >= 11 is 6.22. The maximum Gasteiger partial charge on any atom is 0.325 e. The molecule has 1 aliphatic heterocycles. The van der Waals surface area contributed by atoms with Gasteiger partial charge >= 0.3 is 5.97 Å².